The van der Waals surface area contributed by atoms with Crippen LogP contribution in [0.1, 0.15) is 120 Å². The van der Waals surface area contributed by atoms with Crippen LogP contribution in [0, 0.1) is 35.5 Å². The fraction of sp³-hybridized carbons (Fsp3) is 0.805. The third kappa shape index (κ3) is 8.79. The van der Waals surface area contributed by atoms with Crippen LogP contribution < -0.4 is 4.74 Å². The number of terminal acetylenes is 1. The van der Waals surface area contributed by atoms with E-state index in [4.69, 9.17) is 15.9 Å². The van der Waals surface area contributed by atoms with E-state index in [-0.39, 0.29) is 42.8 Å². The molecule has 1 aliphatic heterocycles. The van der Waals surface area contributed by atoms with Gasteiger partial charge in [-0.25, -0.2) is 4.39 Å². The summed E-state index contributed by atoms with van der Waals surface area (Å²) < 4.78 is 146. The molecule has 1 N–H and O–H groups in total. The molecule has 1 unspecified atom stereocenters. The molecule has 5 rings (SSSR count). The molecule has 312 valence electrons. The molecule has 0 radical (unpaired) electrons. The molecule has 0 aromatic heterocycles. The van der Waals surface area contributed by atoms with Crippen LogP contribution in [-0.4, -0.2) is 78.8 Å². The highest BCUT2D eigenvalue weighted by Gasteiger charge is 2.81. The molecule has 2 saturated carbocycles. The third-order valence-electron chi connectivity index (χ3n) is 13.2. The van der Waals surface area contributed by atoms with Crippen LogP contribution in [0.2, 0.25) is 0 Å². The van der Waals surface area contributed by atoms with Gasteiger partial charge in [-0.2, -0.15) is 39.5 Å². The van der Waals surface area contributed by atoms with Gasteiger partial charge < -0.3 is 19.5 Å². The zero-order valence-corrected chi connectivity index (χ0v) is 31.7. The molecular formula is C41H55F10NO3. The summed E-state index contributed by atoms with van der Waals surface area (Å²) in [6.07, 6.45) is 4.54. The minimum Gasteiger partial charge on any atom is -0.465 e. The first-order valence-electron chi connectivity index (χ1n) is 19.8. The second-order valence-electron chi connectivity index (χ2n) is 16.8. The Labute approximate surface area is 318 Å². The van der Waals surface area contributed by atoms with Gasteiger partial charge in [0.05, 0.1) is 6.61 Å². The standard InChI is InChI=1S/C41H55F10NO3/c1-4-37(53)20-18-31-34-27(24-28-25-29(55-33-15-9-13-23-54-33)16-17-30(28)35(34)32(42)26-36(31,37)2)14-8-7-12-22-52(3)21-11-6-5-10-19-38(43,44)39(45,46)40(47,48)41(49,50)51/h1,16-17,25,27,31-35,53H,5-15,18-24,26H2,2-3H3/t27-,31+,32+,33?,34+,35+,36+,37+/m1/s1. The van der Waals surface area contributed by atoms with Gasteiger partial charge >= 0.3 is 23.9 Å². The predicted octanol–water partition coefficient (Wildman–Crippen LogP) is 10.9. The average molecular weight is 800 g/mol. The number of alkyl halides is 10. The Morgan fingerprint density at radius 3 is 2.24 bits per heavy atom. The van der Waals surface area contributed by atoms with Crippen LogP contribution >= 0.6 is 0 Å². The summed E-state index contributed by atoms with van der Waals surface area (Å²) in [5, 5.41) is 11.5. The molecule has 0 amide bonds. The summed E-state index contributed by atoms with van der Waals surface area (Å²) in [7, 11) is 1.88. The van der Waals surface area contributed by atoms with Crippen molar-refractivity contribution < 1.29 is 58.5 Å². The number of hydrogen-bond donors (Lipinski definition) is 1. The number of fused-ring (bicyclic) bond motifs is 5. The van der Waals surface area contributed by atoms with Gasteiger partial charge in [-0.15, -0.1) is 6.42 Å². The number of rotatable bonds is 17. The first-order valence-corrected chi connectivity index (χ1v) is 19.8. The maximum Gasteiger partial charge on any atom is 0.460 e. The van der Waals surface area contributed by atoms with Crippen LogP contribution in [0.4, 0.5) is 43.9 Å². The van der Waals surface area contributed by atoms with E-state index in [0.29, 0.717) is 32.4 Å². The summed E-state index contributed by atoms with van der Waals surface area (Å²) in [4.78, 5) is 2.04. The van der Waals surface area contributed by atoms with Crippen molar-refractivity contribution in [2.75, 3.05) is 26.7 Å². The van der Waals surface area contributed by atoms with Crippen molar-refractivity contribution >= 4 is 0 Å². The van der Waals surface area contributed by atoms with Crippen molar-refractivity contribution in [2.24, 2.45) is 23.2 Å². The van der Waals surface area contributed by atoms with E-state index in [9.17, 15) is 44.6 Å². The van der Waals surface area contributed by atoms with Crippen molar-refractivity contribution in [2.45, 2.75) is 158 Å². The summed E-state index contributed by atoms with van der Waals surface area (Å²) in [5.74, 6) is -15.6. The van der Waals surface area contributed by atoms with E-state index in [1.807, 2.05) is 37.1 Å². The highest BCUT2D eigenvalue weighted by molar-refractivity contribution is 5.43. The molecule has 55 heavy (non-hydrogen) atoms. The van der Waals surface area contributed by atoms with Crippen molar-refractivity contribution in [3.8, 4) is 18.1 Å². The van der Waals surface area contributed by atoms with Crippen molar-refractivity contribution in [3.63, 3.8) is 0 Å². The quantitative estimate of drug-likeness (QED) is 0.0968. The van der Waals surface area contributed by atoms with E-state index in [1.54, 1.807) is 0 Å². The number of aliphatic hydroxyl groups is 1. The highest BCUT2D eigenvalue weighted by Crippen LogP contribution is 2.66. The van der Waals surface area contributed by atoms with Crippen LogP contribution in [-0.2, 0) is 11.2 Å². The van der Waals surface area contributed by atoms with Gasteiger partial charge in [-0.05, 0) is 125 Å². The molecule has 1 heterocycles. The lowest BCUT2D eigenvalue weighted by Crippen LogP contribution is -2.60. The fourth-order valence-corrected chi connectivity index (χ4v) is 10.0. The average Bonchev–Trinajstić information content (AvgIpc) is 3.38. The maximum atomic E-state index is 16.5. The van der Waals surface area contributed by atoms with Gasteiger partial charge in [0, 0.05) is 24.2 Å². The number of halogens is 10. The number of hydrogen-bond acceptors (Lipinski definition) is 4. The van der Waals surface area contributed by atoms with Crippen LogP contribution in [0.5, 0.6) is 5.75 Å². The van der Waals surface area contributed by atoms with Gasteiger partial charge in [-0.3, -0.25) is 0 Å². The monoisotopic (exact) mass is 799 g/mol. The predicted molar refractivity (Wildman–Crippen MR) is 188 cm³/mol. The van der Waals surface area contributed by atoms with Gasteiger partial charge in [-0.1, -0.05) is 44.6 Å². The number of ether oxygens (including phenoxy) is 2. The Morgan fingerprint density at radius 1 is 0.927 bits per heavy atom. The van der Waals surface area contributed by atoms with E-state index >= 15 is 4.39 Å². The van der Waals surface area contributed by atoms with E-state index in [2.05, 4.69) is 5.92 Å². The zero-order chi connectivity index (χ0) is 40.5. The van der Waals surface area contributed by atoms with E-state index in [1.165, 1.54) is 0 Å². The third-order valence-corrected chi connectivity index (χ3v) is 13.2. The van der Waals surface area contributed by atoms with Gasteiger partial charge in [0.1, 0.15) is 17.5 Å². The first kappa shape index (κ1) is 43.9. The lowest BCUT2D eigenvalue weighted by molar-refractivity contribution is -0.396. The SMILES string of the molecule is C#C[C@]1(O)CC[C@H]2[C@@H]3[C@H](CCCCCN(C)CCCCCCC(F)(F)C(F)(F)C(F)(F)C(F)(F)F)Cc4cc(OC5CCCCO5)ccc4[C@H]3[C@@H](F)C[C@@]21C. The van der Waals surface area contributed by atoms with E-state index in [0.717, 1.165) is 81.2 Å². The Morgan fingerprint density at radius 2 is 1.60 bits per heavy atom. The van der Waals surface area contributed by atoms with Crippen LogP contribution in [0.3, 0.4) is 0 Å². The second-order valence-corrected chi connectivity index (χ2v) is 16.8. The summed E-state index contributed by atoms with van der Waals surface area (Å²) >= 11 is 0. The van der Waals surface area contributed by atoms with Crippen molar-refractivity contribution in [1.29, 1.82) is 0 Å². The molecule has 3 fully saturated rings. The molecular weight excluding hydrogens is 744 g/mol. The van der Waals surface area contributed by atoms with Gasteiger partial charge in [0.15, 0.2) is 6.29 Å². The van der Waals surface area contributed by atoms with Crippen molar-refractivity contribution in [1.82, 2.24) is 4.90 Å². The minimum absolute atomic E-state index is 0.0204. The van der Waals surface area contributed by atoms with Gasteiger partial charge in [0.2, 0.25) is 0 Å². The maximum absolute atomic E-state index is 16.5. The fourth-order valence-electron chi connectivity index (χ4n) is 10.0. The van der Waals surface area contributed by atoms with E-state index < -0.39 is 54.0 Å². The Hall–Kier alpha value is -2.24. The second kappa shape index (κ2) is 16.9. The topological polar surface area (TPSA) is 41.9 Å². The molecule has 0 bridgehead atoms. The Bertz CT molecular complexity index is 1480. The number of benzene rings is 1. The molecule has 8 atom stereocenters. The lowest BCUT2D eigenvalue weighted by Gasteiger charge is -2.55. The number of nitrogens with zero attached hydrogens (tertiary/aromatic N) is 1. The molecule has 1 aromatic rings. The lowest BCUT2D eigenvalue weighted by atomic mass is 9.50. The Balaban J connectivity index is 1.11. The zero-order valence-electron chi connectivity index (χ0n) is 31.7. The summed E-state index contributed by atoms with van der Waals surface area (Å²) in [5.41, 5.74) is 0.0250. The molecule has 4 nitrogen and oxygen atoms in total. The summed E-state index contributed by atoms with van der Waals surface area (Å²) in [6, 6.07) is 5.98. The minimum atomic E-state index is -6.85. The summed E-state index contributed by atoms with van der Waals surface area (Å²) in [6.45, 7) is 3.91. The molecule has 4 aliphatic rings. The van der Waals surface area contributed by atoms with Crippen LogP contribution in [0.15, 0.2) is 18.2 Å². The number of unbranched alkanes of at least 4 members (excludes halogenated alkanes) is 5. The molecule has 1 aromatic carbocycles. The molecule has 14 heteroatoms. The Kier molecular flexibility index (Phi) is 13.5. The highest BCUT2D eigenvalue weighted by atomic mass is 19.4. The van der Waals surface area contributed by atoms with Gasteiger partial charge in [0.25, 0.3) is 0 Å². The molecule has 3 aliphatic carbocycles. The van der Waals surface area contributed by atoms with Crippen LogP contribution in [0.25, 0.3) is 0 Å². The van der Waals surface area contributed by atoms with Crippen molar-refractivity contribution in [3.05, 3.63) is 29.3 Å². The largest absolute Gasteiger partial charge is 0.465 e. The smallest absolute Gasteiger partial charge is 0.460 e. The molecule has 1 saturated heterocycles. The normalized spacial score (nSPS) is 31.4. The first-order chi connectivity index (χ1) is 25.7. The molecule has 0 spiro atoms.